The Morgan fingerprint density at radius 3 is 3.06 bits per heavy atom. The van der Waals surface area contributed by atoms with Crippen molar-refractivity contribution in [3.05, 3.63) is 17.0 Å². The van der Waals surface area contributed by atoms with Crippen LogP contribution in [0.15, 0.2) is 0 Å². The lowest BCUT2D eigenvalue weighted by Gasteiger charge is -2.20. The predicted octanol–water partition coefficient (Wildman–Crippen LogP) is 0.741. The molecule has 1 amide bonds. The summed E-state index contributed by atoms with van der Waals surface area (Å²) in [7, 11) is 1.74. The molecule has 0 spiro atoms. The van der Waals surface area contributed by atoms with Crippen LogP contribution in [0.2, 0.25) is 0 Å². The second kappa shape index (κ2) is 4.39. The highest BCUT2D eigenvalue weighted by Gasteiger charge is 2.32. The first kappa shape index (κ1) is 11.7. The SMILES string of the molecule is CN(CC(O)C1CC1)C(=O)c1n[nH]c2c1CCC2. The lowest BCUT2D eigenvalue weighted by molar-refractivity contribution is 0.0639. The highest BCUT2D eigenvalue weighted by atomic mass is 16.3. The van der Waals surface area contributed by atoms with E-state index in [2.05, 4.69) is 10.2 Å². The Kier molecular flexibility index (Phi) is 2.86. The number of nitrogens with one attached hydrogen (secondary N) is 1. The molecule has 1 aromatic heterocycles. The summed E-state index contributed by atoms with van der Waals surface area (Å²) in [6.07, 6.45) is 4.81. The third-order valence-electron chi connectivity index (χ3n) is 3.98. The summed E-state index contributed by atoms with van der Waals surface area (Å²) in [5, 5.41) is 17.0. The summed E-state index contributed by atoms with van der Waals surface area (Å²) in [5.41, 5.74) is 2.73. The topological polar surface area (TPSA) is 69.2 Å². The van der Waals surface area contributed by atoms with Crippen LogP contribution in [-0.4, -0.2) is 45.8 Å². The molecule has 3 rings (SSSR count). The number of fused-ring (bicyclic) bond motifs is 1. The second-order valence-corrected chi connectivity index (χ2v) is 5.47. The second-order valence-electron chi connectivity index (χ2n) is 5.47. The Hall–Kier alpha value is -1.36. The summed E-state index contributed by atoms with van der Waals surface area (Å²) in [5.74, 6) is 0.319. The molecule has 0 aromatic carbocycles. The van der Waals surface area contributed by atoms with Gasteiger partial charge in [0.15, 0.2) is 5.69 Å². The van der Waals surface area contributed by atoms with Crippen LogP contribution in [0.25, 0.3) is 0 Å². The molecule has 0 bridgehead atoms. The van der Waals surface area contributed by atoms with Gasteiger partial charge in [0.2, 0.25) is 0 Å². The third-order valence-corrected chi connectivity index (χ3v) is 3.98. The van der Waals surface area contributed by atoms with E-state index in [1.807, 2.05) is 0 Å². The summed E-state index contributed by atoms with van der Waals surface area (Å²) in [4.78, 5) is 13.9. The monoisotopic (exact) mass is 249 g/mol. The number of H-pyrrole nitrogens is 1. The van der Waals surface area contributed by atoms with E-state index in [1.165, 1.54) is 0 Å². The Morgan fingerprint density at radius 1 is 1.56 bits per heavy atom. The number of likely N-dealkylation sites (N-methyl/N-ethyl adjacent to an activating group) is 1. The Labute approximate surface area is 106 Å². The number of carbonyl (C=O) groups excluding carboxylic acids is 1. The molecule has 98 valence electrons. The lowest BCUT2D eigenvalue weighted by atomic mass is 10.1. The summed E-state index contributed by atoms with van der Waals surface area (Å²) >= 11 is 0. The molecule has 2 N–H and O–H groups in total. The first-order valence-electron chi connectivity index (χ1n) is 6.66. The first-order valence-corrected chi connectivity index (χ1v) is 6.66. The fourth-order valence-electron chi connectivity index (χ4n) is 2.67. The van der Waals surface area contributed by atoms with Crippen molar-refractivity contribution < 1.29 is 9.90 Å². The van der Waals surface area contributed by atoms with Crippen LogP contribution >= 0.6 is 0 Å². The van der Waals surface area contributed by atoms with Gasteiger partial charge in [0.05, 0.1) is 6.10 Å². The van der Waals surface area contributed by atoms with Crippen LogP contribution < -0.4 is 0 Å². The molecular weight excluding hydrogens is 230 g/mol. The molecule has 1 atom stereocenters. The van der Waals surface area contributed by atoms with Gasteiger partial charge in [-0.2, -0.15) is 5.10 Å². The van der Waals surface area contributed by atoms with E-state index in [9.17, 15) is 9.90 Å². The molecule has 1 unspecified atom stereocenters. The van der Waals surface area contributed by atoms with E-state index in [0.29, 0.717) is 18.2 Å². The number of aromatic amines is 1. The average Bonchev–Trinajstić information content (AvgIpc) is 2.96. The number of aliphatic hydroxyl groups is 1. The minimum Gasteiger partial charge on any atom is -0.391 e. The van der Waals surface area contributed by atoms with Crippen molar-refractivity contribution in [1.29, 1.82) is 0 Å². The van der Waals surface area contributed by atoms with Crippen molar-refractivity contribution in [1.82, 2.24) is 15.1 Å². The zero-order valence-corrected chi connectivity index (χ0v) is 10.6. The van der Waals surface area contributed by atoms with Crippen molar-refractivity contribution in [2.45, 2.75) is 38.2 Å². The maximum Gasteiger partial charge on any atom is 0.274 e. The number of aromatic nitrogens is 2. The van der Waals surface area contributed by atoms with Gasteiger partial charge in [-0.3, -0.25) is 9.89 Å². The zero-order chi connectivity index (χ0) is 12.7. The largest absolute Gasteiger partial charge is 0.391 e. The minimum absolute atomic E-state index is 0.0749. The van der Waals surface area contributed by atoms with Crippen LogP contribution in [-0.2, 0) is 12.8 Å². The van der Waals surface area contributed by atoms with Crippen molar-refractivity contribution >= 4 is 5.91 Å². The van der Waals surface area contributed by atoms with Crippen molar-refractivity contribution in [3.8, 4) is 0 Å². The average molecular weight is 249 g/mol. The molecular formula is C13H19N3O2. The summed E-state index contributed by atoms with van der Waals surface area (Å²) in [6.45, 7) is 0.408. The van der Waals surface area contributed by atoms with Crippen LogP contribution in [0.1, 0.15) is 41.0 Å². The number of aliphatic hydroxyl groups excluding tert-OH is 1. The molecule has 1 fully saturated rings. The molecule has 5 nitrogen and oxygen atoms in total. The molecule has 18 heavy (non-hydrogen) atoms. The van der Waals surface area contributed by atoms with Crippen molar-refractivity contribution in [2.24, 2.45) is 5.92 Å². The normalized spacial score (nSPS) is 19.7. The van der Waals surface area contributed by atoms with Crippen molar-refractivity contribution in [3.63, 3.8) is 0 Å². The molecule has 1 aromatic rings. The van der Waals surface area contributed by atoms with E-state index >= 15 is 0 Å². The van der Waals surface area contributed by atoms with E-state index in [4.69, 9.17) is 0 Å². The van der Waals surface area contributed by atoms with Gasteiger partial charge < -0.3 is 10.0 Å². The van der Waals surface area contributed by atoms with Gasteiger partial charge in [-0.05, 0) is 38.0 Å². The first-order chi connectivity index (χ1) is 8.66. The van der Waals surface area contributed by atoms with Crippen LogP contribution in [0.3, 0.4) is 0 Å². The van der Waals surface area contributed by atoms with Crippen molar-refractivity contribution in [2.75, 3.05) is 13.6 Å². The van der Waals surface area contributed by atoms with Crippen LogP contribution in [0.5, 0.6) is 0 Å². The maximum absolute atomic E-state index is 12.3. The molecule has 0 saturated heterocycles. The Balaban J connectivity index is 1.69. The van der Waals surface area contributed by atoms with E-state index in [1.54, 1.807) is 11.9 Å². The molecule has 2 aliphatic rings. The van der Waals surface area contributed by atoms with Gasteiger partial charge in [0.1, 0.15) is 0 Å². The molecule has 1 saturated carbocycles. The van der Waals surface area contributed by atoms with Gasteiger partial charge in [-0.25, -0.2) is 0 Å². The molecule has 1 heterocycles. The fourth-order valence-corrected chi connectivity index (χ4v) is 2.67. The van der Waals surface area contributed by atoms with E-state index < -0.39 is 0 Å². The van der Waals surface area contributed by atoms with Gasteiger partial charge in [-0.15, -0.1) is 0 Å². The smallest absolute Gasteiger partial charge is 0.274 e. The fraction of sp³-hybridized carbons (Fsp3) is 0.692. The van der Waals surface area contributed by atoms with Crippen LogP contribution in [0, 0.1) is 5.92 Å². The summed E-state index contributed by atoms with van der Waals surface area (Å²) < 4.78 is 0. The highest BCUT2D eigenvalue weighted by molar-refractivity contribution is 5.94. The predicted molar refractivity (Wildman–Crippen MR) is 66.3 cm³/mol. The maximum atomic E-state index is 12.3. The van der Waals surface area contributed by atoms with E-state index in [0.717, 1.165) is 43.4 Å². The van der Waals surface area contributed by atoms with Crippen LogP contribution in [0.4, 0.5) is 0 Å². The van der Waals surface area contributed by atoms with Gasteiger partial charge in [-0.1, -0.05) is 0 Å². The lowest BCUT2D eigenvalue weighted by Crippen LogP contribution is -2.35. The summed E-state index contributed by atoms with van der Waals surface area (Å²) in [6, 6.07) is 0. The molecule has 0 aliphatic heterocycles. The van der Waals surface area contributed by atoms with E-state index in [-0.39, 0.29) is 12.0 Å². The Bertz CT molecular complexity index is 465. The zero-order valence-electron chi connectivity index (χ0n) is 10.6. The number of nitrogens with zero attached hydrogens (tertiary/aromatic N) is 2. The third kappa shape index (κ3) is 2.03. The number of hydrogen-bond acceptors (Lipinski definition) is 3. The minimum atomic E-state index is -0.383. The number of hydrogen-bond donors (Lipinski definition) is 2. The van der Waals surface area contributed by atoms with Gasteiger partial charge >= 0.3 is 0 Å². The number of amides is 1. The molecule has 2 aliphatic carbocycles. The van der Waals surface area contributed by atoms with Gasteiger partial charge in [0, 0.05) is 24.8 Å². The highest BCUT2D eigenvalue weighted by Crippen LogP contribution is 2.33. The standard InChI is InChI=1S/C13H19N3O2/c1-16(7-11(17)8-5-6-8)13(18)12-9-3-2-4-10(9)14-15-12/h8,11,17H,2-7H2,1H3,(H,14,15). The molecule has 5 heteroatoms. The Morgan fingerprint density at radius 2 is 2.33 bits per heavy atom. The number of rotatable bonds is 4. The molecule has 0 radical (unpaired) electrons. The number of aryl methyl sites for hydroxylation is 1. The number of carbonyl (C=O) groups is 1. The quantitative estimate of drug-likeness (QED) is 0.827. The van der Waals surface area contributed by atoms with Gasteiger partial charge in [0.25, 0.3) is 5.91 Å².